The van der Waals surface area contributed by atoms with Gasteiger partial charge in [-0.25, -0.2) is 0 Å². The Morgan fingerprint density at radius 1 is 1.21 bits per heavy atom. The summed E-state index contributed by atoms with van der Waals surface area (Å²) in [4.78, 5) is 16.7. The molecule has 0 aliphatic carbocycles. The number of carbonyl (C=O) groups is 1. The lowest BCUT2D eigenvalue weighted by atomic mass is 10.2. The molecule has 2 heterocycles. The Morgan fingerprint density at radius 3 is 2.89 bits per heavy atom. The Hall–Kier alpha value is -1.67. The molecule has 7 heteroatoms. The van der Waals surface area contributed by atoms with E-state index in [0.717, 1.165) is 70.3 Å². The molecule has 0 spiro atoms. The summed E-state index contributed by atoms with van der Waals surface area (Å²) in [6, 6.07) is 7.92. The van der Waals surface area contributed by atoms with Crippen molar-refractivity contribution in [2.24, 2.45) is 0 Å². The van der Waals surface area contributed by atoms with Crippen LogP contribution >= 0.6 is 0 Å². The van der Waals surface area contributed by atoms with Crippen LogP contribution in [0.3, 0.4) is 0 Å². The fraction of sp³-hybridized carbons (Fsp3) is 0.667. The van der Waals surface area contributed by atoms with Crippen molar-refractivity contribution in [3.8, 4) is 5.75 Å². The molecule has 0 aromatic heterocycles. The second kappa shape index (κ2) is 11.4. The van der Waals surface area contributed by atoms with Gasteiger partial charge in [0, 0.05) is 32.7 Å². The minimum Gasteiger partial charge on any atom is -0.492 e. The van der Waals surface area contributed by atoms with E-state index in [9.17, 15) is 4.79 Å². The third-order valence-electron chi connectivity index (χ3n) is 5.14. The zero-order chi connectivity index (χ0) is 19.6. The van der Waals surface area contributed by atoms with E-state index in [1.807, 2.05) is 31.2 Å². The number of rotatable bonds is 10. The van der Waals surface area contributed by atoms with Gasteiger partial charge in [0.15, 0.2) is 0 Å². The highest BCUT2D eigenvalue weighted by atomic mass is 16.5. The van der Waals surface area contributed by atoms with E-state index >= 15 is 0 Å². The summed E-state index contributed by atoms with van der Waals surface area (Å²) in [5.74, 6) is 0.882. The molecule has 1 atom stereocenters. The third-order valence-corrected chi connectivity index (χ3v) is 5.14. The molecule has 28 heavy (non-hydrogen) atoms. The van der Waals surface area contributed by atoms with Gasteiger partial charge in [-0.1, -0.05) is 12.1 Å². The topological polar surface area (TPSA) is 63.3 Å². The summed E-state index contributed by atoms with van der Waals surface area (Å²) in [6.07, 6.45) is 1.23. The van der Waals surface area contributed by atoms with E-state index < -0.39 is 0 Å². The molecule has 1 amide bonds. The standard InChI is InChI=1S/C21H33N3O4/c1-18-3-2-4-19(15-18)27-11-6-22-21(25)17-24-7-5-20(16-24)28-14-10-23-8-12-26-13-9-23/h2-4,15,20H,5-14,16-17H2,1H3,(H,22,25). The quantitative estimate of drug-likeness (QED) is 0.599. The highest BCUT2D eigenvalue weighted by Crippen LogP contribution is 2.13. The van der Waals surface area contributed by atoms with Crippen LogP contribution in [-0.4, -0.2) is 94.1 Å². The number of nitrogens with one attached hydrogen (secondary N) is 1. The predicted octanol–water partition coefficient (Wildman–Crippen LogP) is 0.913. The molecular formula is C21H33N3O4. The number of morpholine rings is 1. The Bertz CT molecular complexity index is 607. The number of hydrogen-bond donors (Lipinski definition) is 1. The number of carbonyl (C=O) groups excluding carboxylic acids is 1. The fourth-order valence-corrected chi connectivity index (χ4v) is 3.57. The zero-order valence-electron chi connectivity index (χ0n) is 16.9. The number of benzene rings is 1. The number of amides is 1. The van der Waals surface area contributed by atoms with Crippen LogP contribution in [0.25, 0.3) is 0 Å². The van der Waals surface area contributed by atoms with Gasteiger partial charge in [-0.2, -0.15) is 0 Å². The molecule has 1 aromatic rings. The summed E-state index contributed by atoms with van der Waals surface area (Å²) in [5, 5.41) is 2.93. The molecule has 2 aliphatic heterocycles. The molecule has 0 radical (unpaired) electrons. The van der Waals surface area contributed by atoms with Gasteiger partial charge in [0.25, 0.3) is 0 Å². The van der Waals surface area contributed by atoms with Crippen LogP contribution in [0.15, 0.2) is 24.3 Å². The van der Waals surface area contributed by atoms with E-state index in [0.29, 0.717) is 19.7 Å². The molecule has 3 rings (SSSR count). The summed E-state index contributed by atoms with van der Waals surface area (Å²) >= 11 is 0. The van der Waals surface area contributed by atoms with Gasteiger partial charge in [-0.15, -0.1) is 0 Å². The van der Waals surface area contributed by atoms with E-state index in [1.165, 1.54) is 0 Å². The van der Waals surface area contributed by atoms with E-state index in [1.54, 1.807) is 0 Å². The first kappa shape index (κ1) is 21.0. The molecule has 7 nitrogen and oxygen atoms in total. The second-order valence-electron chi connectivity index (χ2n) is 7.49. The van der Waals surface area contributed by atoms with Crippen molar-refractivity contribution in [2.75, 3.05) is 72.2 Å². The Balaban J connectivity index is 1.23. The van der Waals surface area contributed by atoms with Gasteiger partial charge in [-0.3, -0.25) is 14.6 Å². The van der Waals surface area contributed by atoms with E-state index in [-0.39, 0.29) is 12.0 Å². The molecule has 1 unspecified atom stereocenters. The van der Waals surface area contributed by atoms with Crippen molar-refractivity contribution < 1.29 is 19.0 Å². The number of likely N-dealkylation sites (tertiary alicyclic amines) is 1. The Labute approximate surface area is 167 Å². The van der Waals surface area contributed by atoms with Crippen molar-refractivity contribution in [1.82, 2.24) is 15.1 Å². The Kier molecular flexibility index (Phi) is 8.54. The van der Waals surface area contributed by atoms with E-state index in [2.05, 4.69) is 15.1 Å². The van der Waals surface area contributed by atoms with Gasteiger partial charge in [0.2, 0.25) is 5.91 Å². The first-order valence-corrected chi connectivity index (χ1v) is 10.3. The molecule has 2 saturated heterocycles. The van der Waals surface area contributed by atoms with Gasteiger partial charge in [0.1, 0.15) is 12.4 Å². The van der Waals surface area contributed by atoms with Gasteiger partial charge in [0.05, 0.1) is 39.0 Å². The molecule has 1 aromatic carbocycles. The fourth-order valence-electron chi connectivity index (χ4n) is 3.57. The predicted molar refractivity (Wildman–Crippen MR) is 108 cm³/mol. The zero-order valence-corrected chi connectivity index (χ0v) is 16.9. The number of aryl methyl sites for hydroxylation is 1. The van der Waals surface area contributed by atoms with E-state index in [4.69, 9.17) is 14.2 Å². The van der Waals surface area contributed by atoms with Crippen LogP contribution < -0.4 is 10.1 Å². The normalized spacial score (nSPS) is 21.0. The monoisotopic (exact) mass is 391 g/mol. The Morgan fingerprint density at radius 2 is 2.07 bits per heavy atom. The SMILES string of the molecule is Cc1cccc(OCCNC(=O)CN2CCC(OCCN3CCOCC3)C2)c1. The highest BCUT2D eigenvalue weighted by Gasteiger charge is 2.24. The molecular weight excluding hydrogens is 358 g/mol. The van der Waals surface area contributed by atoms with Crippen molar-refractivity contribution in [1.29, 1.82) is 0 Å². The molecule has 2 aliphatic rings. The van der Waals surface area contributed by atoms with Crippen molar-refractivity contribution in [2.45, 2.75) is 19.4 Å². The first-order chi connectivity index (χ1) is 13.7. The van der Waals surface area contributed by atoms with Crippen molar-refractivity contribution in [3.63, 3.8) is 0 Å². The van der Waals surface area contributed by atoms with Crippen LogP contribution in [-0.2, 0) is 14.3 Å². The second-order valence-corrected chi connectivity index (χ2v) is 7.49. The summed E-state index contributed by atoms with van der Waals surface area (Å²) < 4.78 is 17.0. The number of ether oxygens (including phenoxy) is 3. The molecule has 0 bridgehead atoms. The van der Waals surface area contributed by atoms with Crippen LogP contribution in [0.5, 0.6) is 5.75 Å². The van der Waals surface area contributed by atoms with Crippen molar-refractivity contribution in [3.05, 3.63) is 29.8 Å². The minimum absolute atomic E-state index is 0.0433. The largest absolute Gasteiger partial charge is 0.492 e. The lowest BCUT2D eigenvalue weighted by Gasteiger charge is -2.26. The summed E-state index contributed by atoms with van der Waals surface area (Å²) in [5.41, 5.74) is 1.16. The van der Waals surface area contributed by atoms with Crippen LogP contribution in [0.1, 0.15) is 12.0 Å². The van der Waals surface area contributed by atoms with Crippen LogP contribution in [0.4, 0.5) is 0 Å². The number of hydrogen-bond acceptors (Lipinski definition) is 6. The molecule has 2 fully saturated rings. The minimum atomic E-state index is 0.0433. The molecule has 0 saturated carbocycles. The smallest absolute Gasteiger partial charge is 0.234 e. The first-order valence-electron chi connectivity index (χ1n) is 10.3. The lowest BCUT2D eigenvalue weighted by Crippen LogP contribution is -2.39. The molecule has 156 valence electrons. The lowest BCUT2D eigenvalue weighted by molar-refractivity contribution is -0.122. The maximum absolute atomic E-state index is 12.1. The number of nitrogens with zero attached hydrogens (tertiary/aromatic N) is 2. The maximum atomic E-state index is 12.1. The third kappa shape index (κ3) is 7.39. The van der Waals surface area contributed by atoms with Crippen LogP contribution in [0.2, 0.25) is 0 Å². The summed E-state index contributed by atoms with van der Waals surface area (Å²) in [6.45, 7) is 10.5. The van der Waals surface area contributed by atoms with Gasteiger partial charge >= 0.3 is 0 Å². The average Bonchev–Trinajstić information content (AvgIpc) is 3.13. The maximum Gasteiger partial charge on any atom is 0.234 e. The van der Waals surface area contributed by atoms with Crippen molar-refractivity contribution >= 4 is 5.91 Å². The van der Waals surface area contributed by atoms with Crippen LogP contribution in [0, 0.1) is 6.92 Å². The summed E-state index contributed by atoms with van der Waals surface area (Å²) in [7, 11) is 0. The molecule has 1 N–H and O–H groups in total. The average molecular weight is 392 g/mol. The van der Waals surface area contributed by atoms with Gasteiger partial charge in [-0.05, 0) is 31.0 Å². The van der Waals surface area contributed by atoms with Gasteiger partial charge < -0.3 is 19.5 Å². The highest BCUT2D eigenvalue weighted by molar-refractivity contribution is 5.78.